The molecular weight excluding hydrogens is 348 g/mol. The van der Waals surface area contributed by atoms with Crippen LogP contribution in [0.2, 0.25) is 0 Å². The number of aryl methyl sites for hydroxylation is 1. The summed E-state index contributed by atoms with van der Waals surface area (Å²) in [6.07, 6.45) is 3.56. The molecule has 0 radical (unpaired) electrons. The van der Waals surface area contributed by atoms with Crippen LogP contribution in [-0.2, 0) is 20.9 Å². The summed E-state index contributed by atoms with van der Waals surface area (Å²) in [5.74, 6) is -0.254. The lowest BCUT2D eigenvalue weighted by molar-refractivity contribution is -0.143. The molecule has 2 saturated heterocycles. The molecule has 8 heteroatoms. The Labute approximate surface area is 158 Å². The van der Waals surface area contributed by atoms with E-state index in [1.54, 1.807) is 18.9 Å². The van der Waals surface area contributed by atoms with Crippen LogP contribution in [0.4, 0.5) is 0 Å². The predicted octanol–water partition coefficient (Wildman–Crippen LogP) is 1.16. The fourth-order valence-corrected chi connectivity index (χ4v) is 4.50. The molecular formula is C19H26N4O4. The van der Waals surface area contributed by atoms with E-state index in [1.807, 2.05) is 17.1 Å². The third-order valence-corrected chi connectivity index (χ3v) is 5.45. The summed E-state index contributed by atoms with van der Waals surface area (Å²) in [6, 6.07) is 0. The van der Waals surface area contributed by atoms with Gasteiger partial charge in [-0.1, -0.05) is 32.9 Å². The monoisotopic (exact) mass is 374 g/mol. The normalized spacial score (nSPS) is 31.7. The van der Waals surface area contributed by atoms with Gasteiger partial charge >= 0.3 is 0 Å². The highest BCUT2D eigenvalue weighted by Crippen LogP contribution is 2.52. The molecule has 0 aromatic carbocycles. The van der Waals surface area contributed by atoms with Gasteiger partial charge in [0.15, 0.2) is 0 Å². The zero-order chi connectivity index (χ0) is 19.6. The van der Waals surface area contributed by atoms with Crippen LogP contribution in [0.1, 0.15) is 32.6 Å². The lowest BCUT2D eigenvalue weighted by Crippen LogP contribution is -2.45. The molecule has 2 amide bonds. The van der Waals surface area contributed by atoms with Crippen LogP contribution in [0.5, 0.6) is 0 Å². The Bertz CT molecular complexity index is 811. The first-order valence-electron chi connectivity index (χ1n) is 9.30. The first-order chi connectivity index (χ1) is 12.6. The lowest BCUT2D eigenvalue weighted by atomic mass is 9.76. The molecule has 8 nitrogen and oxygen atoms in total. The second kappa shape index (κ2) is 5.89. The van der Waals surface area contributed by atoms with Gasteiger partial charge in [-0.25, -0.2) is 0 Å². The summed E-state index contributed by atoms with van der Waals surface area (Å²) >= 11 is 0. The third-order valence-electron chi connectivity index (χ3n) is 5.45. The summed E-state index contributed by atoms with van der Waals surface area (Å²) in [5, 5.41) is 7.74. The number of ether oxygens (including phenoxy) is 1. The average molecular weight is 374 g/mol. The van der Waals surface area contributed by atoms with E-state index >= 15 is 0 Å². The van der Waals surface area contributed by atoms with Crippen molar-refractivity contribution in [2.24, 2.45) is 17.3 Å². The molecule has 4 heterocycles. The fraction of sp³-hybridized carbons (Fsp3) is 0.684. The van der Waals surface area contributed by atoms with Gasteiger partial charge in [0, 0.05) is 20.5 Å². The molecule has 4 rings (SSSR count). The number of hydrogen-bond donors (Lipinski definition) is 0. The standard InChI is InChI=1S/C19H26N4O4/c1-11-20-21-13(26-11)8-22(5)16(24)14-12-6-7-19(27-12)10-23(9-18(2,3)4)17(25)15(14)19/h6-7,12,14-15H,8-10H2,1-5H3/t12-,14+,15+,19-/m0/s1. The van der Waals surface area contributed by atoms with Crippen LogP contribution in [-0.4, -0.2) is 63.7 Å². The fourth-order valence-electron chi connectivity index (χ4n) is 4.50. The summed E-state index contributed by atoms with van der Waals surface area (Å²) < 4.78 is 11.5. The SMILES string of the molecule is Cc1nnc(CN(C)C(=O)[C@@H]2[C@@H]3C=C[C@@]4(CN(CC(C)(C)C)C(=O)[C@@H]24)O3)o1. The predicted molar refractivity (Wildman–Crippen MR) is 95.3 cm³/mol. The smallest absolute Gasteiger partial charge is 0.235 e. The number of carbonyl (C=O) groups is 2. The maximum absolute atomic E-state index is 13.2. The maximum atomic E-state index is 13.2. The van der Waals surface area contributed by atoms with Crippen LogP contribution in [0, 0.1) is 24.2 Å². The van der Waals surface area contributed by atoms with Crippen molar-refractivity contribution in [2.75, 3.05) is 20.1 Å². The van der Waals surface area contributed by atoms with Crippen molar-refractivity contribution in [3.63, 3.8) is 0 Å². The molecule has 4 atom stereocenters. The van der Waals surface area contributed by atoms with Crippen LogP contribution in [0.3, 0.4) is 0 Å². The zero-order valence-electron chi connectivity index (χ0n) is 16.4. The van der Waals surface area contributed by atoms with Gasteiger partial charge in [-0.15, -0.1) is 10.2 Å². The van der Waals surface area contributed by atoms with E-state index in [2.05, 4.69) is 31.0 Å². The third kappa shape index (κ3) is 2.96. The topological polar surface area (TPSA) is 88.8 Å². The van der Waals surface area contributed by atoms with E-state index in [-0.39, 0.29) is 29.9 Å². The molecule has 3 aliphatic rings. The van der Waals surface area contributed by atoms with Crippen molar-refractivity contribution in [1.29, 1.82) is 0 Å². The van der Waals surface area contributed by atoms with E-state index in [0.29, 0.717) is 24.9 Å². The minimum absolute atomic E-state index is 0.0113. The highest BCUT2D eigenvalue weighted by Gasteiger charge is 2.67. The van der Waals surface area contributed by atoms with Crippen molar-refractivity contribution in [3.8, 4) is 0 Å². The van der Waals surface area contributed by atoms with Crippen LogP contribution < -0.4 is 0 Å². The Morgan fingerprint density at radius 3 is 2.78 bits per heavy atom. The van der Waals surface area contributed by atoms with Crippen molar-refractivity contribution in [2.45, 2.75) is 45.9 Å². The van der Waals surface area contributed by atoms with E-state index < -0.39 is 17.4 Å². The van der Waals surface area contributed by atoms with Gasteiger partial charge in [0.05, 0.1) is 31.0 Å². The number of aromatic nitrogens is 2. The second-order valence-corrected chi connectivity index (χ2v) is 9.06. The van der Waals surface area contributed by atoms with Gasteiger partial charge < -0.3 is 19.0 Å². The van der Waals surface area contributed by atoms with Crippen molar-refractivity contribution in [3.05, 3.63) is 23.9 Å². The molecule has 0 aliphatic carbocycles. The van der Waals surface area contributed by atoms with Crippen molar-refractivity contribution < 1.29 is 18.7 Å². The molecule has 0 N–H and O–H groups in total. The number of fused-ring (bicyclic) bond motifs is 1. The molecule has 2 bridgehead atoms. The highest BCUT2D eigenvalue weighted by atomic mass is 16.5. The first-order valence-corrected chi connectivity index (χ1v) is 9.30. The van der Waals surface area contributed by atoms with Gasteiger partial charge in [-0.3, -0.25) is 9.59 Å². The van der Waals surface area contributed by atoms with Crippen molar-refractivity contribution in [1.82, 2.24) is 20.0 Å². The zero-order valence-corrected chi connectivity index (χ0v) is 16.4. The Morgan fingerprint density at radius 2 is 2.15 bits per heavy atom. The van der Waals surface area contributed by atoms with E-state index in [0.717, 1.165) is 0 Å². The van der Waals surface area contributed by atoms with E-state index in [1.165, 1.54) is 0 Å². The van der Waals surface area contributed by atoms with Crippen LogP contribution in [0.25, 0.3) is 0 Å². The molecule has 0 saturated carbocycles. The Hall–Kier alpha value is -2.22. The van der Waals surface area contributed by atoms with Gasteiger partial charge in [-0.2, -0.15) is 0 Å². The molecule has 2 fully saturated rings. The number of nitrogens with zero attached hydrogens (tertiary/aromatic N) is 4. The summed E-state index contributed by atoms with van der Waals surface area (Å²) in [5.41, 5.74) is -0.686. The van der Waals surface area contributed by atoms with Gasteiger partial charge in [0.2, 0.25) is 23.6 Å². The van der Waals surface area contributed by atoms with Crippen molar-refractivity contribution >= 4 is 11.8 Å². The molecule has 27 heavy (non-hydrogen) atoms. The first kappa shape index (κ1) is 18.2. The maximum Gasteiger partial charge on any atom is 0.235 e. The number of likely N-dealkylation sites (tertiary alicyclic amines) is 1. The number of hydrogen-bond acceptors (Lipinski definition) is 6. The molecule has 146 valence electrons. The second-order valence-electron chi connectivity index (χ2n) is 9.06. The van der Waals surface area contributed by atoms with Gasteiger partial charge in [0.25, 0.3) is 0 Å². The molecule has 0 unspecified atom stereocenters. The number of rotatable bonds is 4. The molecule has 1 aromatic heterocycles. The molecule has 3 aliphatic heterocycles. The lowest BCUT2D eigenvalue weighted by Gasteiger charge is -2.29. The molecule has 1 aromatic rings. The Morgan fingerprint density at radius 1 is 1.41 bits per heavy atom. The Balaban J connectivity index is 1.54. The summed E-state index contributed by atoms with van der Waals surface area (Å²) in [7, 11) is 1.69. The quantitative estimate of drug-likeness (QED) is 0.735. The van der Waals surface area contributed by atoms with Crippen LogP contribution >= 0.6 is 0 Å². The Kier molecular flexibility index (Phi) is 3.96. The average Bonchev–Trinajstić information content (AvgIpc) is 3.28. The minimum atomic E-state index is -0.671. The van der Waals surface area contributed by atoms with E-state index in [4.69, 9.17) is 9.15 Å². The number of amides is 2. The summed E-state index contributed by atoms with van der Waals surface area (Å²) in [4.78, 5) is 29.7. The van der Waals surface area contributed by atoms with E-state index in [9.17, 15) is 9.59 Å². The minimum Gasteiger partial charge on any atom is -0.424 e. The summed E-state index contributed by atoms with van der Waals surface area (Å²) in [6.45, 7) is 9.37. The highest BCUT2D eigenvalue weighted by molar-refractivity contribution is 5.93. The number of carbonyl (C=O) groups excluding carboxylic acids is 2. The molecule has 1 spiro atoms. The van der Waals surface area contributed by atoms with Gasteiger partial charge in [-0.05, 0) is 5.41 Å². The van der Waals surface area contributed by atoms with Crippen LogP contribution in [0.15, 0.2) is 16.6 Å². The van der Waals surface area contributed by atoms with Gasteiger partial charge in [0.1, 0.15) is 5.60 Å². The largest absolute Gasteiger partial charge is 0.424 e.